The summed E-state index contributed by atoms with van der Waals surface area (Å²) in [6, 6.07) is 14.0. The zero-order chi connectivity index (χ0) is 22.9. The van der Waals surface area contributed by atoms with Gasteiger partial charge in [0.25, 0.3) is 0 Å². The summed E-state index contributed by atoms with van der Waals surface area (Å²) >= 11 is 0. The molecule has 2 aromatic rings. The first-order chi connectivity index (χ1) is 15.2. The van der Waals surface area contributed by atoms with Gasteiger partial charge in [0, 0.05) is 26.2 Å². The Hall–Kier alpha value is -2.60. The molecule has 0 radical (unpaired) electrons. The molecular weight excluding hydrogens is 404 g/mol. The van der Waals surface area contributed by atoms with E-state index in [2.05, 4.69) is 0 Å². The molecule has 0 bridgehead atoms. The molecule has 1 unspecified atom stereocenters. The van der Waals surface area contributed by atoms with Crippen LogP contribution in [0.2, 0.25) is 0 Å². The second-order valence-electron chi connectivity index (χ2n) is 10.1. The minimum Gasteiger partial charge on any atom is -0.444 e. The predicted octanol–water partition coefficient (Wildman–Crippen LogP) is 4.31. The van der Waals surface area contributed by atoms with Crippen molar-refractivity contribution in [3.8, 4) is 0 Å². The third-order valence-corrected chi connectivity index (χ3v) is 6.63. The Kier molecular flexibility index (Phi) is 6.17. The van der Waals surface area contributed by atoms with Crippen molar-refractivity contribution in [3.05, 3.63) is 48.0 Å². The number of benzene rings is 2. The normalized spacial score (nSPS) is 19.8. The summed E-state index contributed by atoms with van der Waals surface area (Å²) in [6.45, 7) is 7.29. The fourth-order valence-electron chi connectivity index (χ4n) is 5.05. The van der Waals surface area contributed by atoms with Crippen LogP contribution in [0.5, 0.6) is 0 Å². The third kappa shape index (κ3) is 4.60. The van der Waals surface area contributed by atoms with Crippen LogP contribution in [-0.2, 0) is 9.53 Å². The Morgan fingerprint density at radius 2 is 1.53 bits per heavy atom. The summed E-state index contributed by atoms with van der Waals surface area (Å²) < 4.78 is 5.48. The Morgan fingerprint density at radius 3 is 2.19 bits per heavy atom. The van der Waals surface area contributed by atoms with Gasteiger partial charge < -0.3 is 19.6 Å². The Labute approximate surface area is 190 Å². The smallest absolute Gasteiger partial charge is 0.410 e. The second-order valence-corrected chi connectivity index (χ2v) is 10.1. The highest BCUT2D eigenvalue weighted by Crippen LogP contribution is 2.44. The van der Waals surface area contributed by atoms with Crippen LogP contribution in [0.25, 0.3) is 10.8 Å². The summed E-state index contributed by atoms with van der Waals surface area (Å²) in [5.41, 5.74) is -0.689. The minimum atomic E-state index is -1.04. The van der Waals surface area contributed by atoms with Crippen LogP contribution >= 0.6 is 0 Å². The van der Waals surface area contributed by atoms with Crippen LogP contribution in [0, 0.1) is 0 Å². The quantitative estimate of drug-likeness (QED) is 0.775. The van der Waals surface area contributed by atoms with Gasteiger partial charge in [-0.25, -0.2) is 4.79 Å². The molecule has 1 N–H and O–H groups in total. The molecule has 2 aromatic carbocycles. The van der Waals surface area contributed by atoms with Crippen molar-refractivity contribution < 1.29 is 19.4 Å². The monoisotopic (exact) mass is 438 g/mol. The minimum absolute atomic E-state index is 0.0467. The Bertz CT molecular complexity index is 977. The molecule has 1 heterocycles. The number of rotatable bonds is 3. The zero-order valence-electron chi connectivity index (χ0n) is 19.3. The maximum absolute atomic E-state index is 13.9. The van der Waals surface area contributed by atoms with Crippen LogP contribution in [0.1, 0.15) is 57.9 Å². The predicted molar refractivity (Wildman–Crippen MR) is 124 cm³/mol. The number of carbonyl (C=O) groups is 2. The lowest BCUT2D eigenvalue weighted by Gasteiger charge is -2.40. The average Bonchev–Trinajstić information content (AvgIpc) is 3.20. The van der Waals surface area contributed by atoms with Gasteiger partial charge in [0.15, 0.2) is 0 Å². The van der Waals surface area contributed by atoms with Crippen molar-refractivity contribution in [2.75, 3.05) is 26.2 Å². The van der Waals surface area contributed by atoms with E-state index < -0.39 is 17.1 Å². The highest BCUT2D eigenvalue weighted by molar-refractivity contribution is 5.94. The van der Waals surface area contributed by atoms with Crippen molar-refractivity contribution in [1.82, 2.24) is 9.80 Å². The van der Waals surface area contributed by atoms with E-state index in [1.165, 1.54) is 0 Å². The highest BCUT2D eigenvalue weighted by atomic mass is 16.6. The maximum atomic E-state index is 13.9. The molecule has 4 rings (SSSR count). The first kappa shape index (κ1) is 22.6. The van der Waals surface area contributed by atoms with Gasteiger partial charge in [-0.2, -0.15) is 0 Å². The third-order valence-electron chi connectivity index (χ3n) is 6.63. The van der Waals surface area contributed by atoms with Crippen molar-refractivity contribution in [3.63, 3.8) is 0 Å². The Balaban J connectivity index is 1.58. The highest BCUT2D eigenvalue weighted by Gasteiger charge is 2.46. The first-order valence-corrected chi connectivity index (χ1v) is 11.6. The molecule has 2 aliphatic rings. The molecule has 2 amide bonds. The lowest BCUT2D eigenvalue weighted by molar-refractivity contribution is -0.141. The summed E-state index contributed by atoms with van der Waals surface area (Å²) in [5, 5.41) is 13.7. The van der Waals surface area contributed by atoms with E-state index in [4.69, 9.17) is 4.74 Å². The van der Waals surface area contributed by atoms with Crippen molar-refractivity contribution in [1.29, 1.82) is 0 Å². The van der Waals surface area contributed by atoms with E-state index >= 15 is 0 Å². The molecule has 1 aliphatic carbocycles. The maximum Gasteiger partial charge on any atom is 0.410 e. The number of piperazine rings is 1. The van der Waals surface area contributed by atoms with Crippen LogP contribution in [-0.4, -0.2) is 64.3 Å². The fourth-order valence-corrected chi connectivity index (χ4v) is 5.05. The number of hydrogen-bond acceptors (Lipinski definition) is 4. The second kappa shape index (κ2) is 8.74. The zero-order valence-corrected chi connectivity index (χ0v) is 19.3. The number of carbonyl (C=O) groups excluding carboxylic acids is 2. The molecule has 2 fully saturated rings. The lowest BCUT2D eigenvalue weighted by atomic mass is 9.78. The standard InChI is InChI=1S/C26H34N2O4/c1-25(2,3)32-24(30)28-17-15-27(16-18-28)23(29)22(26(31)13-6-7-14-26)21-12-8-10-19-9-4-5-11-20(19)21/h4-5,8-12,22,31H,6-7,13-18H2,1-3H3. The first-order valence-electron chi connectivity index (χ1n) is 11.6. The summed E-state index contributed by atoms with van der Waals surface area (Å²) in [6.07, 6.45) is 2.77. The topological polar surface area (TPSA) is 70.1 Å². The largest absolute Gasteiger partial charge is 0.444 e. The molecule has 1 atom stereocenters. The van der Waals surface area contributed by atoms with Crippen LogP contribution in [0.4, 0.5) is 4.79 Å². The Morgan fingerprint density at radius 1 is 0.938 bits per heavy atom. The van der Waals surface area contributed by atoms with Crippen LogP contribution in [0.15, 0.2) is 42.5 Å². The average molecular weight is 439 g/mol. The molecule has 32 heavy (non-hydrogen) atoms. The number of ether oxygens (including phenoxy) is 1. The number of hydrogen-bond donors (Lipinski definition) is 1. The molecule has 172 valence electrons. The van der Waals surface area contributed by atoms with E-state index in [-0.39, 0.29) is 12.0 Å². The van der Waals surface area contributed by atoms with Crippen molar-refractivity contribution >= 4 is 22.8 Å². The molecule has 1 aliphatic heterocycles. The van der Waals surface area contributed by atoms with E-state index in [1.54, 1.807) is 4.90 Å². The van der Waals surface area contributed by atoms with E-state index in [1.807, 2.05) is 68.1 Å². The van der Waals surface area contributed by atoms with Gasteiger partial charge >= 0.3 is 6.09 Å². The number of aliphatic hydroxyl groups is 1. The van der Waals surface area contributed by atoms with Gasteiger partial charge in [-0.3, -0.25) is 4.79 Å². The van der Waals surface area contributed by atoms with Gasteiger partial charge in [0.1, 0.15) is 5.60 Å². The molecule has 0 spiro atoms. The number of nitrogens with zero attached hydrogens (tertiary/aromatic N) is 2. The molecular formula is C26H34N2O4. The van der Waals surface area contributed by atoms with Gasteiger partial charge in [0.05, 0.1) is 11.5 Å². The van der Waals surface area contributed by atoms with Gasteiger partial charge in [-0.1, -0.05) is 55.3 Å². The summed E-state index contributed by atoms with van der Waals surface area (Å²) in [4.78, 5) is 29.8. The van der Waals surface area contributed by atoms with E-state index in [0.717, 1.165) is 29.2 Å². The summed E-state index contributed by atoms with van der Waals surface area (Å²) in [7, 11) is 0. The van der Waals surface area contributed by atoms with E-state index in [0.29, 0.717) is 39.0 Å². The molecule has 0 aromatic heterocycles. The lowest BCUT2D eigenvalue weighted by Crippen LogP contribution is -2.54. The molecule has 1 saturated carbocycles. The van der Waals surface area contributed by atoms with Gasteiger partial charge in [0.2, 0.25) is 5.91 Å². The fraction of sp³-hybridized carbons (Fsp3) is 0.538. The number of fused-ring (bicyclic) bond motifs is 1. The van der Waals surface area contributed by atoms with Gasteiger partial charge in [-0.15, -0.1) is 0 Å². The van der Waals surface area contributed by atoms with Gasteiger partial charge in [-0.05, 0) is 49.9 Å². The molecule has 1 saturated heterocycles. The summed E-state index contributed by atoms with van der Waals surface area (Å²) in [5.74, 6) is -0.654. The number of amides is 2. The van der Waals surface area contributed by atoms with Crippen LogP contribution in [0.3, 0.4) is 0 Å². The van der Waals surface area contributed by atoms with Crippen molar-refractivity contribution in [2.45, 2.75) is 63.6 Å². The van der Waals surface area contributed by atoms with Crippen LogP contribution < -0.4 is 0 Å². The van der Waals surface area contributed by atoms with Crippen molar-refractivity contribution in [2.24, 2.45) is 0 Å². The SMILES string of the molecule is CC(C)(C)OC(=O)N1CCN(C(=O)C(c2cccc3ccccc23)C2(O)CCCC2)CC1. The molecule has 6 nitrogen and oxygen atoms in total. The molecule has 6 heteroatoms. The van der Waals surface area contributed by atoms with E-state index in [9.17, 15) is 14.7 Å².